The molecule has 10 heavy (non-hydrogen) atoms. The zero-order valence-electron chi connectivity index (χ0n) is 5.51. The van der Waals surface area contributed by atoms with E-state index in [1.54, 1.807) is 17.2 Å². The highest BCUT2D eigenvalue weighted by molar-refractivity contribution is 4.81. The zero-order chi connectivity index (χ0) is 6.97. The Kier molecular flexibility index (Phi) is 1.20. The van der Waals surface area contributed by atoms with Gasteiger partial charge in [-0.25, -0.2) is 0 Å². The van der Waals surface area contributed by atoms with E-state index in [0.29, 0.717) is 6.04 Å². The van der Waals surface area contributed by atoms with Gasteiger partial charge in [0.05, 0.1) is 24.5 Å². The molecule has 1 aromatic rings. The van der Waals surface area contributed by atoms with Crippen LogP contribution in [-0.2, 0) is 0 Å². The van der Waals surface area contributed by atoms with Gasteiger partial charge in [-0.05, 0) is 12.8 Å². The summed E-state index contributed by atoms with van der Waals surface area (Å²) < 4.78 is 0. The SMILES string of the molecule is OC1CC(n2nccn2)C1. The van der Waals surface area contributed by atoms with E-state index in [4.69, 9.17) is 5.11 Å². The summed E-state index contributed by atoms with van der Waals surface area (Å²) in [4.78, 5) is 1.66. The van der Waals surface area contributed by atoms with E-state index in [1.807, 2.05) is 0 Å². The third-order valence-corrected chi connectivity index (χ3v) is 1.85. The predicted octanol–water partition coefficient (Wildman–Crippen LogP) is -0.0261. The van der Waals surface area contributed by atoms with Gasteiger partial charge < -0.3 is 5.11 Å². The first-order valence-corrected chi connectivity index (χ1v) is 3.40. The van der Waals surface area contributed by atoms with Gasteiger partial charge in [0.15, 0.2) is 0 Å². The summed E-state index contributed by atoms with van der Waals surface area (Å²) in [6.07, 6.45) is 4.79. The topological polar surface area (TPSA) is 50.9 Å². The van der Waals surface area contributed by atoms with E-state index in [1.165, 1.54) is 0 Å². The number of hydrogen-bond acceptors (Lipinski definition) is 3. The van der Waals surface area contributed by atoms with Crippen LogP contribution in [0, 0.1) is 0 Å². The maximum Gasteiger partial charge on any atom is 0.0765 e. The van der Waals surface area contributed by atoms with Gasteiger partial charge in [0, 0.05) is 0 Å². The van der Waals surface area contributed by atoms with Crippen LogP contribution < -0.4 is 0 Å². The largest absolute Gasteiger partial charge is 0.393 e. The number of aromatic nitrogens is 3. The van der Waals surface area contributed by atoms with Gasteiger partial charge >= 0.3 is 0 Å². The second-order valence-electron chi connectivity index (χ2n) is 2.63. The molecule has 0 aromatic carbocycles. The molecule has 0 saturated heterocycles. The fourth-order valence-electron chi connectivity index (χ4n) is 1.16. The molecule has 0 aliphatic heterocycles. The van der Waals surface area contributed by atoms with Crippen molar-refractivity contribution in [3.05, 3.63) is 12.4 Å². The van der Waals surface area contributed by atoms with E-state index in [0.717, 1.165) is 12.8 Å². The first-order valence-electron chi connectivity index (χ1n) is 3.40. The first kappa shape index (κ1) is 5.85. The van der Waals surface area contributed by atoms with Gasteiger partial charge in [0.2, 0.25) is 0 Å². The molecule has 54 valence electrons. The summed E-state index contributed by atoms with van der Waals surface area (Å²) in [7, 11) is 0. The van der Waals surface area contributed by atoms with E-state index >= 15 is 0 Å². The quantitative estimate of drug-likeness (QED) is 0.594. The molecule has 0 radical (unpaired) electrons. The van der Waals surface area contributed by atoms with Crippen molar-refractivity contribution in [1.82, 2.24) is 15.0 Å². The molecule has 0 bridgehead atoms. The number of aliphatic hydroxyl groups excluding tert-OH is 1. The van der Waals surface area contributed by atoms with E-state index in [-0.39, 0.29) is 6.10 Å². The summed E-state index contributed by atoms with van der Waals surface area (Å²) in [5.41, 5.74) is 0. The van der Waals surface area contributed by atoms with Crippen molar-refractivity contribution in [3.63, 3.8) is 0 Å². The van der Waals surface area contributed by atoms with Crippen molar-refractivity contribution in [2.24, 2.45) is 0 Å². The zero-order valence-corrected chi connectivity index (χ0v) is 5.51. The van der Waals surface area contributed by atoms with E-state index in [2.05, 4.69) is 10.2 Å². The Morgan fingerprint density at radius 2 is 1.90 bits per heavy atom. The van der Waals surface area contributed by atoms with Crippen LogP contribution in [0.25, 0.3) is 0 Å². The third kappa shape index (κ3) is 0.806. The Balaban J connectivity index is 2.04. The van der Waals surface area contributed by atoms with Gasteiger partial charge in [-0.2, -0.15) is 15.0 Å². The average Bonchev–Trinajstić information content (AvgIpc) is 2.31. The summed E-state index contributed by atoms with van der Waals surface area (Å²) in [6, 6.07) is 0.338. The lowest BCUT2D eigenvalue weighted by Crippen LogP contribution is -2.31. The molecule has 0 atom stereocenters. The Morgan fingerprint density at radius 3 is 2.40 bits per heavy atom. The highest BCUT2D eigenvalue weighted by Crippen LogP contribution is 2.30. The second-order valence-corrected chi connectivity index (χ2v) is 2.63. The second kappa shape index (κ2) is 2.05. The molecule has 0 unspecified atom stereocenters. The Morgan fingerprint density at radius 1 is 1.30 bits per heavy atom. The van der Waals surface area contributed by atoms with Gasteiger partial charge in [-0.1, -0.05) is 0 Å². The number of rotatable bonds is 1. The van der Waals surface area contributed by atoms with Crippen LogP contribution >= 0.6 is 0 Å². The van der Waals surface area contributed by atoms with Crippen LogP contribution in [0.15, 0.2) is 12.4 Å². The predicted molar refractivity (Wildman–Crippen MR) is 34.3 cm³/mol. The molecule has 1 saturated carbocycles. The summed E-state index contributed by atoms with van der Waals surface area (Å²) >= 11 is 0. The molecule has 4 heteroatoms. The minimum Gasteiger partial charge on any atom is -0.393 e. The van der Waals surface area contributed by atoms with Gasteiger partial charge in [-0.3, -0.25) is 0 Å². The lowest BCUT2D eigenvalue weighted by molar-refractivity contribution is 0.0372. The van der Waals surface area contributed by atoms with Crippen LogP contribution in [0.2, 0.25) is 0 Å². The van der Waals surface area contributed by atoms with Crippen molar-refractivity contribution in [3.8, 4) is 0 Å². The minimum absolute atomic E-state index is 0.129. The van der Waals surface area contributed by atoms with Crippen molar-refractivity contribution in [2.45, 2.75) is 25.0 Å². The molecule has 1 heterocycles. The molecule has 2 rings (SSSR count). The highest BCUT2D eigenvalue weighted by atomic mass is 16.3. The Hall–Kier alpha value is -0.900. The van der Waals surface area contributed by atoms with E-state index < -0.39 is 0 Å². The maximum absolute atomic E-state index is 8.95. The lowest BCUT2D eigenvalue weighted by Gasteiger charge is -2.29. The van der Waals surface area contributed by atoms with Crippen LogP contribution in [-0.4, -0.2) is 26.2 Å². The molecule has 1 aliphatic rings. The van der Waals surface area contributed by atoms with Crippen LogP contribution in [0.3, 0.4) is 0 Å². The average molecular weight is 139 g/mol. The molecule has 0 spiro atoms. The van der Waals surface area contributed by atoms with Crippen LogP contribution in [0.5, 0.6) is 0 Å². The lowest BCUT2D eigenvalue weighted by atomic mass is 9.90. The van der Waals surface area contributed by atoms with Crippen molar-refractivity contribution in [2.75, 3.05) is 0 Å². The Labute approximate surface area is 58.5 Å². The van der Waals surface area contributed by atoms with Crippen LogP contribution in [0.1, 0.15) is 18.9 Å². The molecule has 0 amide bonds. The molecule has 1 aromatic heterocycles. The molecule has 1 aliphatic carbocycles. The number of hydrogen-bond donors (Lipinski definition) is 1. The van der Waals surface area contributed by atoms with Gasteiger partial charge in [0.25, 0.3) is 0 Å². The monoisotopic (exact) mass is 139 g/mol. The molecule has 4 nitrogen and oxygen atoms in total. The van der Waals surface area contributed by atoms with Crippen molar-refractivity contribution >= 4 is 0 Å². The fourth-order valence-corrected chi connectivity index (χ4v) is 1.16. The number of nitrogens with zero attached hydrogens (tertiary/aromatic N) is 3. The first-order chi connectivity index (χ1) is 4.86. The summed E-state index contributed by atoms with van der Waals surface area (Å²) in [5.74, 6) is 0. The van der Waals surface area contributed by atoms with Gasteiger partial charge in [-0.15, -0.1) is 0 Å². The molecular weight excluding hydrogens is 130 g/mol. The molecular formula is C6H9N3O. The van der Waals surface area contributed by atoms with E-state index in [9.17, 15) is 0 Å². The highest BCUT2D eigenvalue weighted by Gasteiger charge is 2.29. The van der Waals surface area contributed by atoms with Crippen molar-refractivity contribution < 1.29 is 5.11 Å². The normalized spacial score (nSPS) is 31.7. The standard InChI is InChI=1S/C6H9N3O/c10-6-3-5(4-6)9-7-1-2-8-9/h1-2,5-6,10H,3-4H2. The summed E-state index contributed by atoms with van der Waals surface area (Å²) in [5, 5.41) is 16.9. The summed E-state index contributed by atoms with van der Waals surface area (Å²) in [6.45, 7) is 0. The maximum atomic E-state index is 8.95. The van der Waals surface area contributed by atoms with Gasteiger partial charge in [0.1, 0.15) is 0 Å². The molecule has 1 N–H and O–H groups in total. The minimum atomic E-state index is -0.129. The third-order valence-electron chi connectivity index (χ3n) is 1.85. The number of aliphatic hydroxyl groups is 1. The van der Waals surface area contributed by atoms with Crippen molar-refractivity contribution in [1.29, 1.82) is 0 Å². The smallest absolute Gasteiger partial charge is 0.0765 e. The molecule has 1 fully saturated rings. The fraction of sp³-hybridized carbons (Fsp3) is 0.667. The Bertz CT molecular complexity index is 203. The van der Waals surface area contributed by atoms with Crippen LogP contribution in [0.4, 0.5) is 0 Å².